The highest BCUT2D eigenvalue weighted by Crippen LogP contribution is 2.28. The van der Waals surface area contributed by atoms with Gasteiger partial charge in [-0.2, -0.15) is 0 Å². The number of hydrogen-bond donors (Lipinski definition) is 1. The van der Waals surface area contributed by atoms with Crippen molar-refractivity contribution in [1.82, 2.24) is 9.97 Å². The Morgan fingerprint density at radius 2 is 1.87 bits per heavy atom. The molecule has 0 fully saturated rings. The van der Waals surface area contributed by atoms with Crippen LogP contribution in [-0.2, 0) is 4.79 Å². The molecule has 0 radical (unpaired) electrons. The highest BCUT2D eigenvalue weighted by atomic mass is 35.5. The van der Waals surface area contributed by atoms with Gasteiger partial charge in [0.05, 0.1) is 17.1 Å². The number of nitrogens with zero attached hydrogens (tertiary/aromatic N) is 3. The first-order chi connectivity index (χ1) is 10.8. The summed E-state index contributed by atoms with van der Waals surface area (Å²) in [6.45, 7) is 3.82. The van der Waals surface area contributed by atoms with Crippen molar-refractivity contribution in [1.29, 1.82) is 0 Å². The monoisotopic (exact) mass is 350 g/mol. The molecule has 7 heteroatoms. The molecule has 0 aliphatic heterocycles. The van der Waals surface area contributed by atoms with Gasteiger partial charge in [0.2, 0.25) is 5.91 Å². The van der Waals surface area contributed by atoms with E-state index in [0.717, 1.165) is 17.1 Å². The molecule has 122 valence electrons. The number of nitrogens with one attached hydrogen (secondary N) is 1. The first-order valence-corrected chi connectivity index (χ1v) is 8.43. The number of rotatable bonds is 5. The van der Waals surface area contributed by atoms with Crippen LogP contribution >= 0.6 is 23.4 Å². The zero-order chi connectivity index (χ0) is 17.0. The minimum Gasteiger partial charge on any atom is -0.376 e. The molecule has 23 heavy (non-hydrogen) atoms. The van der Waals surface area contributed by atoms with Crippen LogP contribution in [0.3, 0.4) is 0 Å². The van der Waals surface area contributed by atoms with E-state index in [-0.39, 0.29) is 11.7 Å². The summed E-state index contributed by atoms with van der Waals surface area (Å²) in [6, 6.07) is 7.31. The SMILES string of the molecule is Cc1cc(C)nc(SCC(=O)Nc2cc(Cl)ccc2N(C)C)n1. The molecule has 0 unspecified atom stereocenters. The second-order valence-corrected chi connectivity index (χ2v) is 6.70. The van der Waals surface area contributed by atoms with Crippen LogP contribution in [-0.4, -0.2) is 35.7 Å². The van der Waals surface area contributed by atoms with Crippen molar-refractivity contribution in [3.8, 4) is 0 Å². The lowest BCUT2D eigenvalue weighted by molar-refractivity contribution is -0.113. The lowest BCUT2D eigenvalue weighted by atomic mass is 10.2. The van der Waals surface area contributed by atoms with Gasteiger partial charge in [-0.25, -0.2) is 9.97 Å². The van der Waals surface area contributed by atoms with Crippen LogP contribution in [0.1, 0.15) is 11.4 Å². The van der Waals surface area contributed by atoms with Gasteiger partial charge in [-0.1, -0.05) is 23.4 Å². The summed E-state index contributed by atoms with van der Waals surface area (Å²) in [5.74, 6) is 0.116. The van der Waals surface area contributed by atoms with Gasteiger partial charge in [-0.15, -0.1) is 0 Å². The maximum absolute atomic E-state index is 12.2. The van der Waals surface area contributed by atoms with E-state index < -0.39 is 0 Å². The molecule has 0 aliphatic carbocycles. The number of amides is 1. The number of hydrogen-bond acceptors (Lipinski definition) is 5. The molecule has 0 aliphatic rings. The molecule has 2 aromatic rings. The standard InChI is InChI=1S/C16H19ClN4OS/c1-10-7-11(2)19-16(18-10)23-9-15(22)20-13-8-12(17)5-6-14(13)21(3)4/h5-8H,9H2,1-4H3,(H,20,22). The average Bonchev–Trinajstić information content (AvgIpc) is 2.44. The molecular formula is C16H19ClN4OS. The number of carbonyl (C=O) groups is 1. The third-order valence-corrected chi connectivity index (χ3v) is 4.09. The molecule has 0 atom stereocenters. The molecule has 0 saturated carbocycles. The number of thioether (sulfide) groups is 1. The van der Waals surface area contributed by atoms with Gasteiger partial charge in [0.25, 0.3) is 0 Å². The quantitative estimate of drug-likeness (QED) is 0.660. The molecule has 0 spiro atoms. The Balaban J connectivity index is 2.04. The topological polar surface area (TPSA) is 58.1 Å². The molecule has 0 saturated heterocycles. The molecule has 1 heterocycles. The van der Waals surface area contributed by atoms with Crippen LogP contribution in [0.2, 0.25) is 5.02 Å². The van der Waals surface area contributed by atoms with Gasteiger partial charge >= 0.3 is 0 Å². The van der Waals surface area contributed by atoms with Crippen LogP contribution in [0.25, 0.3) is 0 Å². The molecule has 1 aromatic carbocycles. The van der Waals surface area contributed by atoms with Crippen molar-refractivity contribution in [2.24, 2.45) is 0 Å². The molecule has 5 nitrogen and oxygen atoms in total. The van der Waals surface area contributed by atoms with Crippen LogP contribution in [0, 0.1) is 13.8 Å². The Bertz CT molecular complexity index is 701. The Morgan fingerprint density at radius 1 is 1.22 bits per heavy atom. The van der Waals surface area contributed by atoms with Crippen molar-refractivity contribution in [2.75, 3.05) is 30.1 Å². The maximum atomic E-state index is 12.2. The van der Waals surface area contributed by atoms with E-state index in [9.17, 15) is 4.79 Å². The van der Waals surface area contributed by atoms with Crippen molar-refractivity contribution in [3.63, 3.8) is 0 Å². The zero-order valence-corrected chi connectivity index (χ0v) is 15.1. The Kier molecular flexibility index (Phi) is 5.85. The number of benzene rings is 1. The summed E-state index contributed by atoms with van der Waals surface area (Å²) in [5.41, 5.74) is 3.38. The highest BCUT2D eigenvalue weighted by molar-refractivity contribution is 7.99. The van der Waals surface area contributed by atoms with Crippen LogP contribution in [0.4, 0.5) is 11.4 Å². The minimum atomic E-state index is -0.122. The fraction of sp³-hybridized carbons (Fsp3) is 0.312. The molecule has 1 N–H and O–H groups in total. The van der Waals surface area contributed by atoms with Crippen molar-refractivity contribution < 1.29 is 4.79 Å². The minimum absolute atomic E-state index is 0.122. The van der Waals surface area contributed by atoms with Gasteiger partial charge in [0, 0.05) is 30.5 Å². The molecule has 0 bridgehead atoms. The van der Waals surface area contributed by atoms with Crippen LogP contribution < -0.4 is 10.2 Å². The number of carbonyl (C=O) groups excluding carboxylic acids is 1. The number of aryl methyl sites for hydroxylation is 2. The van der Waals surface area contributed by atoms with Gasteiger partial charge in [0.15, 0.2) is 5.16 Å². The zero-order valence-electron chi connectivity index (χ0n) is 13.6. The van der Waals surface area contributed by atoms with E-state index in [0.29, 0.717) is 15.9 Å². The van der Waals surface area contributed by atoms with E-state index in [1.165, 1.54) is 11.8 Å². The van der Waals surface area contributed by atoms with Crippen LogP contribution in [0.5, 0.6) is 0 Å². The Labute approximate surface area is 145 Å². The second kappa shape index (κ2) is 7.66. The molecule has 1 amide bonds. The molecular weight excluding hydrogens is 332 g/mol. The lowest BCUT2D eigenvalue weighted by Crippen LogP contribution is -2.18. The summed E-state index contributed by atoms with van der Waals surface area (Å²) in [7, 11) is 3.83. The van der Waals surface area contributed by atoms with E-state index in [4.69, 9.17) is 11.6 Å². The Hall–Kier alpha value is -1.79. The molecule has 1 aromatic heterocycles. The van der Waals surface area contributed by atoms with E-state index in [1.54, 1.807) is 12.1 Å². The van der Waals surface area contributed by atoms with Crippen molar-refractivity contribution in [2.45, 2.75) is 19.0 Å². The number of halogens is 1. The summed E-state index contributed by atoms with van der Waals surface area (Å²) < 4.78 is 0. The highest BCUT2D eigenvalue weighted by Gasteiger charge is 2.11. The largest absolute Gasteiger partial charge is 0.376 e. The smallest absolute Gasteiger partial charge is 0.234 e. The average molecular weight is 351 g/mol. The third kappa shape index (κ3) is 5.11. The van der Waals surface area contributed by atoms with Gasteiger partial charge < -0.3 is 10.2 Å². The van der Waals surface area contributed by atoms with Gasteiger partial charge in [0.1, 0.15) is 0 Å². The third-order valence-electron chi connectivity index (χ3n) is 3.01. The predicted molar refractivity (Wildman–Crippen MR) is 96.6 cm³/mol. The van der Waals surface area contributed by atoms with E-state index >= 15 is 0 Å². The Morgan fingerprint density at radius 3 is 2.48 bits per heavy atom. The van der Waals surface area contributed by atoms with Crippen LogP contribution in [0.15, 0.2) is 29.4 Å². The fourth-order valence-electron chi connectivity index (χ4n) is 2.07. The van der Waals surface area contributed by atoms with Gasteiger partial charge in [-0.05, 0) is 38.1 Å². The van der Waals surface area contributed by atoms with E-state index in [1.807, 2.05) is 45.0 Å². The normalized spacial score (nSPS) is 10.5. The second-order valence-electron chi connectivity index (χ2n) is 5.33. The van der Waals surface area contributed by atoms with Crippen molar-refractivity contribution >= 4 is 40.6 Å². The van der Waals surface area contributed by atoms with Gasteiger partial charge in [-0.3, -0.25) is 4.79 Å². The lowest BCUT2D eigenvalue weighted by Gasteiger charge is -2.18. The first kappa shape index (κ1) is 17.6. The maximum Gasteiger partial charge on any atom is 0.234 e. The number of aromatic nitrogens is 2. The summed E-state index contributed by atoms with van der Waals surface area (Å²) >= 11 is 7.33. The first-order valence-electron chi connectivity index (χ1n) is 7.07. The molecule has 2 rings (SSSR count). The summed E-state index contributed by atoms with van der Waals surface area (Å²) in [4.78, 5) is 22.7. The summed E-state index contributed by atoms with van der Waals surface area (Å²) in [5, 5.41) is 4.08. The van der Waals surface area contributed by atoms with Crippen molar-refractivity contribution in [3.05, 3.63) is 40.7 Å². The fourth-order valence-corrected chi connectivity index (χ4v) is 2.99. The van der Waals surface area contributed by atoms with E-state index in [2.05, 4.69) is 15.3 Å². The predicted octanol–water partition coefficient (Wildman–Crippen LogP) is 3.54. The summed E-state index contributed by atoms with van der Waals surface area (Å²) in [6.07, 6.45) is 0. The number of anilines is 2.